The summed E-state index contributed by atoms with van der Waals surface area (Å²) in [6.07, 6.45) is 0. The average Bonchev–Trinajstić information content (AvgIpc) is 3.41. The van der Waals surface area contributed by atoms with Crippen molar-refractivity contribution in [3.05, 3.63) is 74.8 Å². The molecule has 0 saturated carbocycles. The van der Waals surface area contributed by atoms with Crippen molar-refractivity contribution in [2.24, 2.45) is 0 Å². The fourth-order valence-corrected chi connectivity index (χ4v) is 4.44. The van der Waals surface area contributed by atoms with Gasteiger partial charge in [-0.25, -0.2) is 9.59 Å². The summed E-state index contributed by atoms with van der Waals surface area (Å²) in [5, 5.41) is 4.85. The Morgan fingerprint density at radius 3 is 2.00 bits per heavy atom. The summed E-state index contributed by atoms with van der Waals surface area (Å²) < 4.78 is 16.1. The summed E-state index contributed by atoms with van der Waals surface area (Å²) in [7, 11) is 0. The van der Waals surface area contributed by atoms with E-state index in [1.807, 2.05) is 0 Å². The molecule has 0 fully saturated rings. The number of rotatable bonds is 9. The topological polar surface area (TPSA) is 132 Å². The molecular formula is C26H29N3O7S. The van der Waals surface area contributed by atoms with Gasteiger partial charge in [-0.3, -0.25) is 20.4 Å². The highest BCUT2D eigenvalue weighted by molar-refractivity contribution is 7.12. The van der Waals surface area contributed by atoms with Gasteiger partial charge in [0.25, 0.3) is 11.8 Å². The molecule has 2 heterocycles. The molecule has 2 aromatic rings. The van der Waals surface area contributed by atoms with E-state index in [2.05, 4.69) is 16.2 Å². The number of thiophene rings is 1. The van der Waals surface area contributed by atoms with Crippen molar-refractivity contribution in [1.82, 2.24) is 16.2 Å². The van der Waals surface area contributed by atoms with Crippen LogP contribution >= 0.6 is 11.3 Å². The van der Waals surface area contributed by atoms with Crippen LogP contribution in [0.15, 0.2) is 64.3 Å². The number of carbonyl (C=O) groups excluding carboxylic acids is 4. The smallest absolute Gasteiger partial charge is 0.336 e. The highest BCUT2D eigenvalue weighted by Gasteiger charge is 2.37. The van der Waals surface area contributed by atoms with Crippen molar-refractivity contribution >= 4 is 35.1 Å². The number of amides is 2. The van der Waals surface area contributed by atoms with E-state index in [4.69, 9.17) is 14.2 Å². The molecule has 37 heavy (non-hydrogen) atoms. The molecule has 3 rings (SSSR count). The summed E-state index contributed by atoms with van der Waals surface area (Å²) in [4.78, 5) is 50.2. The standard InChI is InChI=1S/C26H29N3O7S/c1-5-34-25(32)21-15(3)27-16(4)22(26(33)35-6-2)23(21)17-9-11-18(12-10-17)36-14-20(30)28-29-24(31)19-8-7-13-37-19/h7-13,23,27H,5-6,14H2,1-4H3,(H,28,30)(H,29,31). The maximum absolute atomic E-state index is 12.9. The minimum Gasteiger partial charge on any atom is -0.484 e. The van der Waals surface area contributed by atoms with E-state index in [0.717, 1.165) is 0 Å². The molecule has 0 spiro atoms. The van der Waals surface area contributed by atoms with Gasteiger partial charge in [0, 0.05) is 11.4 Å². The zero-order valence-corrected chi connectivity index (χ0v) is 21.8. The lowest BCUT2D eigenvalue weighted by Crippen LogP contribution is -2.43. The molecule has 1 aromatic carbocycles. The summed E-state index contributed by atoms with van der Waals surface area (Å²) in [5.41, 5.74) is 7.04. The van der Waals surface area contributed by atoms with Gasteiger partial charge in [-0.1, -0.05) is 18.2 Å². The number of hydrogen-bond donors (Lipinski definition) is 3. The van der Waals surface area contributed by atoms with Crippen LogP contribution < -0.4 is 20.9 Å². The Balaban J connectivity index is 1.74. The quantitative estimate of drug-likeness (QED) is 0.335. The predicted molar refractivity (Wildman–Crippen MR) is 136 cm³/mol. The second kappa shape index (κ2) is 12.7. The zero-order chi connectivity index (χ0) is 26.9. The van der Waals surface area contributed by atoms with Crippen LogP contribution in [0, 0.1) is 0 Å². The van der Waals surface area contributed by atoms with Crippen molar-refractivity contribution in [2.75, 3.05) is 19.8 Å². The molecule has 0 atom stereocenters. The first-order chi connectivity index (χ1) is 17.8. The molecule has 3 N–H and O–H groups in total. The maximum Gasteiger partial charge on any atom is 0.336 e. The van der Waals surface area contributed by atoms with Crippen LogP contribution in [0.3, 0.4) is 0 Å². The van der Waals surface area contributed by atoms with Crippen LogP contribution in [0.4, 0.5) is 0 Å². The van der Waals surface area contributed by atoms with Crippen LogP contribution in [-0.4, -0.2) is 43.6 Å². The van der Waals surface area contributed by atoms with E-state index >= 15 is 0 Å². The number of hydrogen-bond acceptors (Lipinski definition) is 9. The Bertz CT molecular complexity index is 1180. The molecule has 1 aliphatic rings. The molecule has 0 aliphatic carbocycles. The third kappa shape index (κ3) is 6.76. The van der Waals surface area contributed by atoms with Crippen molar-refractivity contribution in [3.8, 4) is 5.75 Å². The summed E-state index contributed by atoms with van der Waals surface area (Å²) in [6.45, 7) is 6.95. The van der Waals surface area contributed by atoms with Crippen LogP contribution in [0.5, 0.6) is 5.75 Å². The van der Waals surface area contributed by atoms with Gasteiger partial charge in [0.15, 0.2) is 6.61 Å². The third-order valence-electron chi connectivity index (χ3n) is 5.39. The van der Waals surface area contributed by atoms with Crippen molar-refractivity contribution in [2.45, 2.75) is 33.6 Å². The molecule has 1 aromatic heterocycles. The number of allylic oxidation sites excluding steroid dienone is 2. The number of hydrazine groups is 1. The van der Waals surface area contributed by atoms with E-state index in [0.29, 0.717) is 38.7 Å². The van der Waals surface area contributed by atoms with E-state index in [1.165, 1.54) is 11.3 Å². The molecule has 1 aliphatic heterocycles. The van der Waals surface area contributed by atoms with E-state index in [1.54, 1.807) is 69.5 Å². The maximum atomic E-state index is 12.9. The van der Waals surface area contributed by atoms with Gasteiger partial charge in [0.1, 0.15) is 5.75 Å². The number of nitrogens with one attached hydrogen (secondary N) is 3. The van der Waals surface area contributed by atoms with E-state index in [9.17, 15) is 19.2 Å². The summed E-state index contributed by atoms with van der Waals surface area (Å²) in [6, 6.07) is 10.1. The highest BCUT2D eigenvalue weighted by atomic mass is 32.1. The van der Waals surface area contributed by atoms with Gasteiger partial charge in [0.2, 0.25) is 0 Å². The lowest BCUT2D eigenvalue weighted by atomic mass is 9.80. The average molecular weight is 528 g/mol. The fourth-order valence-electron chi connectivity index (χ4n) is 3.82. The SMILES string of the molecule is CCOC(=O)C1=C(C)NC(C)=C(C(=O)OCC)C1c1ccc(OCC(=O)NNC(=O)c2cccs2)cc1. The van der Waals surface area contributed by atoms with Gasteiger partial charge < -0.3 is 19.5 Å². The normalized spacial score (nSPS) is 13.5. The predicted octanol–water partition coefficient (Wildman–Crippen LogP) is 2.95. The van der Waals surface area contributed by atoms with Crippen LogP contribution in [0.25, 0.3) is 0 Å². The monoisotopic (exact) mass is 527 g/mol. The summed E-state index contributed by atoms with van der Waals surface area (Å²) in [5.74, 6) is -2.37. The first-order valence-electron chi connectivity index (χ1n) is 11.6. The first-order valence-corrected chi connectivity index (χ1v) is 12.5. The van der Waals surface area contributed by atoms with Crippen LogP contribution in [0.2, 0.25) is 0 Å². The molecule has 0 saturated heterocycles. The van der Waals surface area contributed by atoms with Crippen molar-refractivity contribution < 1.29 is 33.4 Å². The lowest BCUT2D eigenvalue weighted by molar-refractivity contribution is -0.139. The Morgan fingerprint density at radius 2 is 1.49 bits per heavy atom. The van der Waals surface area contributed by atoms with Gasteiger partial charge in [-0.05, 0) is 56.8 Å². The molecule has 11 heteroatoms. The molecule has 2 amide bonds. The lowest BCUT2D eigenvalue weighted by Gasteiger charge is -2.30. The fraction of sp³-hybridized carbons (Fsp3) is 0.308. The molecular weight excluding hydrogens is 498 g/mol. The van der Waals surface area contributed by atoms with E-state index < -0.39 is 29.7 Å². The zero-order valence-electron chi connectivity index (χ0n) is 21.0. The number of esters is 2. The Hall–Kier alpha value is -4.12. The second-order valence-electron chi connectivity index (χ2n) is 7.91. The Labute approximate surface area is 218 Å². The minimum absolute atomic E-state index is 0.183. The Morgan fingerprint density at radius 1 is 0.892 bits per heavy atom. The van der Waals surface area contributed by atoms with Crippen LogP contribution in [-0.2, 0) is 23.9 Å². The second-order valence-corrected chi connectivity index (χ2v) is 8.86. The highest BCUT2D eigenvalue weighted by Crippen LogP contribution is 2.39. The van der Waals surface area contributed by atoms with Gasteiger partial charge in [-0.15, -0.1) is 11.3 Å². The largest absolute Gasteiger partial charge is 0.484 e. The van der Waals surface area contributed by atoms with E-state index in [-0.39, 0.29) is 19.8 Å². The summed E-state index contributed by atoms with van der Waals surface area (Å²) >= 11 is 1.25. The number of ether oxygens (including phenoxy) is 3. The van der Waals surface area contributed by atoms with Gasteiger partial charge >= 0.3 is 11.9 Å². The van der Waals surface area contributed by atoms with Crippen molar-refractivity contribution in [3.63, 3.8) is 0 Å². The van der Waals surface area contributed by atoms with Gasteiger partial charge in [0.05, 0.1) is 35.2 Å². The number of benzene rings is 1. The molecule has 0 bridgehead atoms. The number of carbonyl (C=O) groups is 4. The Kier molecular flexibility index (Phi) is 9.45. The number of dihydropyridines is 1. The molecule has 0 radical (unpaired) electrons. The minimum atomic E-state index is -0.718. The third-order valence-corrected chi connectivity index (χ3v) is 6.26. The molecule has 196 valence electrons. The van der Waals surface area contributed by atoms with Crippen LogP contribution in [0.1, 0.15) is 48.8 Å². The van der Waals surface area contributed by atoms with Crippen molar-refractivity contribution in [1.29, 1.82) is 0 Å². The first kappa shape index (κ1) is 27.5. The molecule has 10 nitrogen and oxygen atoms in total. The molecule has 0 unspecified atom stereocenters. The van der Waals surface area contributed by atoms with Gasteiger partial charge in [-0.2, -0.15) is 0 Å².